The summed E-state index contributed by atoms with van der Waals surface area (Å²) in [4.78, 5) is 14.5. The van der Waals surface area contributed by atoms with Gasteiger partial charge in [0.25, 0.3) is 0 Å². The summed E-state index contributed by atoms with van der Waals surface area (Å²) >= 11 is 4.01. The number of anilines is 1. The number of ether oxygens (including phenoxy) is 1. The SMILES string of the molecule is CC(C)NCCCn1c(Sc2cc3c(cc2[131I])OCC3)nc2c(N)ncnc21. The van der Waals surface area contributed by atoms with Crippen molar-refractivity contribution in [3.8, 4) is 5.75 Å². The lowest BCUT2D eigenvalue weighted by molar-refractivity contribution is 0.356. The summed E-state index contributed by atoms with van der Waals surface area (Å²) in [7, 11) is 0. The molecule has 0 amide bonds. The molecular formula is C19H23IN6OS. The third-order valence-electron chi connectivity index (χ3n) is 4.58. The van der Waals surface area contributed by atoms with E-state index in [0.29, 0.717) is 17.4 Å². The zero-order chi connectivity index (χ0) is 19.7. The first-order chi connectivity index (χ1) is 13.5. The molecule has 0 saturated carbocycles. The molecule has 3 heterocycles. The van der Waals surface area contributed by atoms with E-state index in [2.05, 4.69) is 68.4 Å². The summed E-state index contributed by atoms with van der Waals surface area (Å²) in [5.74, 6) is 1.42. The summed E-state index contributed by atoms with van der Waals surface area (Å²) in [5, 5.41) is 4.35. The Morgan fingerprint density at radius 3 is 3.04 bits per heavy atom. The van der Waals surface area contributed by atoms with Gasteiger partial charge in [-0.05, 0) is 53.3 Å². The highest BCUT2D eigenvalue weighted by atomic mass is 131. The van der Waals surface area contributed by atoms with E-state index < -0.39 is 0 Å². The van der Waals surface area contributed by atoms with Crippen molar-refractivity contribution in [2.75, 3.05) is 18.9 Å². The molecule has 3 aromatic rings. The van der Waals surface area contributed by atoms with Crippen molar-refractivity contribution >= 4 is 51.3 Å². The standard InChI is InChI=1S/C19H23IN6OS/c1-11(2)22-5-3-6-26-18-16(17(21)23-10-24-18)25-19(26)28-15-8-12-4-7-27-14(12)9-13(15)20/h8-11,22H,3-7H2,1-2H3,(H2,21,23,24)/i20+4. The molecule has 0 fully saturated rings. The smallest absolute Gasteiger partial charge is 0.175 e. The van der Waals surface area contributed by atoms with Gasteiger partial charge in [-0.3, -0.25) is 0 Å². The second-order valence-corrected chi connectivity index (χ2v) is 9.20. The fourth-order valence-electron chi connectivity index (χ4n) is 3.20. The third-order valence-corrected chi connectivity index (χ3v) is 6.89. The van der Waals surface area contributed by atoms with Crippen molar-refractivity contribution in [2.24, 2.45) is 0 Å². The van der Waals surface area contributed by atoms with E-state index in [1.54, 1.807) is 11.8 Å². The number of benzene rings is 1. The van der Waals surface area contributed by atoms with Crippen LogP contribution in [-0.4, -0.2) is 38.7 Å². The lowest BCUT2D eigenvalue weighted by atomic mass is 10.2. The van der Waals surface area contributed by atoms with Crippen LogP contribution in [0, 0.1) is 3.57 Å². The topological polar surface area (TPSA) is 90.9 Å². The molecule has 1 aliphatic rings. The molecule has 4 rings (SSSR count). The lowest BCUT2D eigenvalue weighted by Crippen LogP contribution is -2.24. The second kappa shape index (κ2) is 8.42. The van der Waals surface area contributed by atoms with E-state index in [1.165, 1.54) is 16.8 Å². The van der Waals surface area contributed by atoms with Gasteiger partial charge in [-0.25, -0.2) is 15.0 Å². The minimum Gasteiger partial charge on any atom is -0.493 e. The first kappa shape index (κ1) is 19.7. The Kier molecular flexibility index (Phi) is 5.93. The van der Waals surface area contributed by atoms with Crippen LogP contribution in [0.2, 0.25) is 0 Å². The molecule has 0 bridgehead atoms. The average Bonchev–Trinajstić information content (AvgIpc) is 3.24. The van der Waals surface area contributed by atoms with Crippen LogP contribution < -0.4 is 15.8 Å². The number of hydrogen-bond donors (Lipinski definition) is 2. The maximum absolute atomic E-state index is 6.06. The minimum atomic E-state index is 0.419. The molecule has 9 heteroatoms. The fourth-order valence-corrected chi connectivity index (χ4v) is 4.94. The molecule has 2 aromatic heterocycles. The number of nitrogens with two attached hydrogens (primary N) is 1. The van der Waals surface area contributed by atoms with E-state index >= 15 is 0 Å². The summed E-state index contributed by atoms with van der Waals surface area (Å²) in [6.07, 6.45) is 3.44. The van der Waals surface area contributed by atoms with Crippen molar-refractivity contribution in [2.45, 2.75) is 49.3 Å². The van der Waals surface area contributed by atoms with Crippen LogP contribution in [0.15, 0.2) is 28.5 Å². The number of imidazole rings is 1. The van der Waals surface area contributed by atoms with Crippen molar-refractivity contribution in [3.63, 3.8) is 0 Å². The van der Waals surface area contributed by atoms with Crippen LogP contribution in [0.25, 0.3) is 11.2 Å². The molecule has 3 N–H and O–H groups in total. The van der Waals surface area contributed by atoms with Crippen LogP contribution in [0.1, 0.15) is 25.8 Å². The van der Waals surface area contributed by atoms with Crippen LogP contribution in [0.5, 0.6) is 5.75 Å². The lowest BCUT2D eigenvalue weighted by Gasteiger charge is -2.11. The van der Waals surface area contributed by atoms with Crippen molar-refractivity contribution in [3.05, 3.63) is 27.6 Å². The Bertz CT molecular complexity index is 1010. The largest absolute Gasteiger partial charge is 0.493 e. The molecule has 148 valence electrons. The van der Waals surface area contributed by atoms with E-state index in [0.717, 1.165) is 52.7 Å². The van der Waals surface area contributed by atoms with Gasteiger partial charge in [-0.1, -0.05) is 25.6 Å². The van der Waals surface area contributed by atoms with Crippen LogP contribution in [-0.2, 0) is 13.0 Å². The Hall–Kier alpha value is -1.59. The predicted molar refractivity (Wildman–Crippen MR) is 120 cm³/mol. The van der Waals surface area contributed by atoms with Gasteiger partial charge in [0.05, 0.1) is 6.61 Å². The Labute approximate surface area is 182 Å². The fraction of sp³-hybridized carbons (Fsp3) is 0.421. The third kappa shape index (κ3) is 4.06. The van der Waals surface area contributed by atoms with Gasteiger partial charge in [0.15, 0.2) is 22.1 Å². The molecule has 0 radical (unpaired) electrons. The predicted octanol–water partition coefficient (Wildman–Crippen LogP) is 3.49. The first-order valence-electron chi connectivity index (χ1n) is 9.36. The minimum absolute atomic E-state index is 0.419. The van der Waals surface area contributed by atoms with Crippen LogP contribution in [0.4, 0.5) is 5.82 Å². The Morgan fingerprint density at radius 2 is 2.21 bits per heavy atom. The molecule has 0 unspecified atom stereocenters. The number of nitrogen functional groups attached to an aromatic ring is 1. The summed E-state index contributed by atoms with van der Waals surface area (Å²) in [5.41, 5.74) is 8.78. The molecule has 0 saturated heterocycles. The number of rotatable bonds is 7. The van der Waals surface area contributed by atoms with Gasteiger partial charge in [-0.15, -0.1) is 0 Å². The summed E-state index contributed by atoms with van der Waals surface area (Å²) in [6.45, 7) is 6.82. The van der Waals surface area contributed by atoms with E-state index in [-0.39, 0.29) is 0 Å². The second-order valence-electron chi connectivity index (χ2n) is 7.03. The van der Waals surface area contributed by atoms with Gasteiger partial charge in [-0.2, -0.15) is 0 Å². The number of halogens is 1. The molecule has 0 atom stereocenters. The van der Waals surface area contributed by atoms with Crippen molar-refractivity contribution in [1.29, 1.82) is 0 Å². The quantitative estimate of drug-likeness (QED) is 0.369. The highest BCUT2D eigenvalue weighted by Gasteiger charge is 2.20. The Morgan fingerprint density at radius 1 is 1.36 bits per heavy atom. The number of aryl methyl sites for hydroxylation is 1. The number of aromatic nitrogens is 4. The van der Waals surface area contributed by atoms with Crippen molar-refractivity contribution in [1.82, 2.24) is 24.8 Å². The average molecular weight is 514 g/mol. The number of hydrogen-bond acceptors (Lipinski definition) is 7. The monoisotopic (exact) mass is 514 g/mol. The van der Waals surface area contributed by atoms with E-state index in [9.17, 15) is 0 Å². The molecule has 0 spiro atoms. The zero-order valence-electron chi connectivity index (χ0n) is 15.9. The normalized spacial score (nSPS) is 13.3. The van der Waals surface area contributed by atoms with Gasteiger partial charge < -0.3 is 20.4 Å². The van der Waals surface area contributed by atoms with E-state index in [1.807, 2.05) is 0 Å². The number of nitrogens with zero attached hydrogens (tertiary/aromatic N) is 4. The highest BCUT2D eigenvalue weighted by Crippen LogP contribution is 2.38. The molecule has 7 nitrogen and oxygen atoms in total. The molecule has 1 aromatic carbocycles. The van der Waals surface area contributed by atoms with Gasteiger partial charge >= 0.3 is 0 Å². The molecule has 0 aliphatic carbocycles. The van der Waals surface area contributed by atoms with E-state index in [4.69, 9.17) is 15.5 Å². The first-order valence-corrected chi connectivity index (χ1v) is 11.3. The highest BCUT2D eigenvalue weighted by molar-refractivity contribution is 14.1. The maximum atomic E-state index is 6.06. The van der Waals surface area contributed by atoms with Crippen LogP contribution in [0.3, 0.4) is 0 Å². The van der Waals surface area contributed by atoms with Gasteiger partial charge in [0, 0.05) is 27.5 Å². The molecule has 1 aliphatic heterocycles. The zero-order valence-corrected chi connectivity index (χ0v) is 18.9. The maximum Gasteiger partial charge on any atom is 0.175 e. The van der Waals surface area contributed by atoms with Gasteiger partial charge in [0.1, 0.15) is 12.1 Å². The Balaban J connectivity index is 1.66. The summed E-state index contributed by atoms with van der Waals surface area (Å²) < 4.78 is 8.99. The molecule has 28 heavy (non-hydrogen) atoms. The molecular weight excluding hydrogens is 491 g/mol. The van der Waals surface area contributed by atoms with Crippen LogP contribution >= 0.6 is 34.4 Å². The number of nitrogens with one attached hydrogen (secondary N) is 1. The van der Waals surface area contributed by atoms with Crippen molar-refractivity contribution < 1.29 is 4.74 Å². The van der Waals surface area contributed by atoms with Gasteiger partial charge in [0.2, 0.25) is 0 Å². The number of fused-ring (bicyclic) bond motifs is 2. The summed E-state index contributed by atoms with van der Waals surface area (Å²) in [6, 6.07) is 4.80.